The molecule has 0 aliphatic heterocycles. The van der Waals surface area contributed by atoms with E-state index in [-0.39, 0.29) is 23.0 Å². The van der Waals surface area contributed by atoms with Crippen molar-refractivity contribution in [3.8, 4) is 22.8 Å². The quantitative estimate of drug-likeness (QED) is 0.162. The number of primary amides is 1. The Hall–Kier alpha value is -5.11. The van der Waals surface area contributed by atoms with Gasteiger partial charge in [0.1, 0.15) is 28.7 Å². The van der Waals surface area contributed by atoms with Crippen molar-refractivity contribution in [3.63, 3.8) is 0 Å². The van der Waals surface area contributed by atoms with E-state index in [1.165, 1.54) is 24.3 Å². The first kappa shape index (κ1) is 29.4. The highest BCUT2D eigenvalue weighted by atomic mass is 19.1. The minimum Gasteiger partial charge on any atom is -0.508 e. The number of nitrogens with one attached hydrogen (secondary N) is 1. The van der Waals surface area contributed by atoms with Crippen LogP contribution in [0.4, 0.5) is 4.39 Å². The van der Waals surface area contributed by atoms with Crippen LogP contribution < -0.4 is 15.8 Å². The van der Waals surface area contributed by atoms with Crippen molar-refractivity contribution in [1.82, 2.24) is 5.32 Å². The highest BCUT2D eigenvalue weighted by molar-refractivity contribution is 6.10. The van der Waals surface area contributed by atoms with E-state index in [0.29, 0.717) is 59.8 Å². The summed E-state index contributed by atoms with van der Waals surface area (Å²) >= 11 is 0. The van der Waals surface area contributed by atoms with Gasteiger partial charge in [-0.25, -0.2) is 4.39 Å². The Morgan fingerprint density at radius 2 is 1.67 bits per heavy atom. The molecule has 5 aromatic rings. The zero-order chi connectivity index (χ0) is 30.5. The lowest BCUT2D eigenvalue weighted by Gasteiger charge is -2.14. The molecule has 4 N–H and O–H groups in total. The Labute approximate surface area is 249 Å². The third kappa shape index (κ3) is 7.04. The Morgan fingerprint density at radius 3 is 2.37 bits per heavy atom. The molecule has 8 heteroatoms. The maximum Gasteiger partial charge on any atom is 0.253 e. The number of ether oxygens (including phenoxy) is 1. The second kappa shape index (κ2) is 12.8. The van der Waals surface area contributed by atoms with Gasteiger partial charge in [-0.1, -0.05) is 32.0 Å². The Kier molecular flexibility index (Phi) is 8.76. The molecular weight excluding hydrogens is 547 g/mol. The number of nitrogens with two attached hydrogens (primary N) is 1. The topological polar surface area (TPSA) is 115 Å². The molecule has 7 nitrogen and oxygen atoms in total. The highest BCUT2D eigenvalue weighted by Gasteiger charge is 2.21. The number of aromatic hydroxyl groups is 1. The summed E-state index contributed by atoms with van der Waals surface area (Å²) in [5, 5.41) is 13.1. The van der Waals surface area contributed by atoms with Crippen molar-refractivity contribution >= 4 is 22.8 Å². The number of hydrogen-bond acceptors (Lipinski definition) is 5. The summed E-state index contributed by atoms with van der Waals surface area (Å²) < 4.78 is 25.7. The van der Waals surface area contributed by atoms with Crippen LogP contribution in [0.2, 0.25) is 0 Å². The van der Waals surface area contributed by atoms with E-state index < -0.39 is 11.7 Å². The monoisotopic (exact) mass is 580 g/mol. The predicted octanol–water partition coefficient (Wildman–Crippen LogP) is 6.64. The van der Waals surface area contributed by atoms with Crippen molar-refractivity contribution in [2.75, 3.05) is 13.2 Å². The number of halogens is 1. The Morgan fingerprint density at radius 1 is 0.953 bits per heavy atom. The Balaban J connectivity index is 1.46. The molecule has 0 saturated heterocycles. The molecule has 1 heterocycles. The van der Waals surface area contributed by atoms with Crippen LogP contribution in [0.1, 0.15) is 51.3 Å². The molecule has 43 heavy (non-hydrogen) atoms. The third-order valence-corrected chi connectivity index (χ3v) is 7.08. The number of carbonyl (C=O) groups is 2. The molecule has 0 aliphatic rings. The molecule has 0 fully saturated rings. The first-order valence-corrected chi connectivity index (χ1v) is 14.1. The van der Waals surface area contributed by atoms with Gasteiger partial charge in [-0.2, -0.15) is 0 Å². The largest absolute Gasteiger partial charge is 0.508 e. The van der Waals surface area contributed by atoms with Crippen LogP contribution in [-0.4, -0.2) is 30.1 Å². The van der Waals surface area contributed by atoms with Gasteiger partial charge in [0, 0.05) is 35.9 Å². The predicted molar refractivity (Wildman–Crippen MR) is 164 cm³/mol. The second-order valence-corrected chi connectivity index (χ2v) is 10.9. The van der Waals surface area contributed by atoms with E-state index in [1.807, 2.05) is 44.2 Å². The molecule has 0 bridgehead atoms. The highest BCUT2D eigenvalue weighted by Crippen LogP contribution is 2.35. The average Bonchev–Trinajstić information content (AvgIpc) is 3.37. The molecule has 0 atom stereocenters. The average molecular weight is 581 g/mol. The summed E-state index contributed by atoms with van der Waals surface area (Å²) in [6.07, 6.45) is 1.04. The zero-order valence-corrected chi connectivity index (χ0v) is 24.0. The number of benzene rings is 4. The number of phenols is 1. The van der Waals surface area contributed by atoms with Crippen LogP contribution in [0.25, 0.3) is 22.3 Å². The summed E-state index contributed by atoms with van der Waals surface area (Å²) in [7, 11) is 0. The fourth-order valence-electron chi connectivity index (χ4n) is 4.86. The molecule has 2 amide bonds. The third-order valence-electron chi connectivity index (χ3n) is 7.08. The number of amides is 2. The van der Waals surface area contributed by atoms with Gasteiger partial charge in [-0.15, -0.1) is 0 Å². The molecule has 0 radical (unpaired) electrons. The molecule has 0 spiro atoms. The van der Waals surface area contributed by atoms with Gasteiger partial charge in [0.05, 0.1) is 12.2 Å². The van der Waals surface area contributed by atoms with Crippen LogP contribution >= 0.6 is 0 Å². The minimum absolute atomic E-state index is 0.171. The molecule has 4 aromatic carbocycles. The molecule has 220 valence electrons. The van der Waals surface area contributed by atoms with Crippen molar-refractivity contribution in [2.24, 2.45) is 11.7 Å². The van der Waals surface area contributed by atoms with Crippen molar-refractivity contribution in [3.05, 3.63) is 119 Å². The number of furan rings is 1. The van der Waals surface area contributed by atoms with E-state index in [2.05, 4.69) is 5.32 Å². The lowest BCUT2D eigenvalue weighted by Crippen LogP contribution is -2.27. The standard InChI is InChI=1S/C35H33FN2O5/c1-21(2)20-38-35(41)25-8-14-30(42-16-15-22-3-11-28(39)12-4-22)26(19-25)17-23-5-13-31-29(18-23)32(34(37)40)33(43-31)24-6-9-27(36)10-7-24/h3-14,18-19,21,39H,15-17,20H2,1-2H3,(H2,37,40)(H,38,41). The van der Waals surface area contributed by atoms with Gasteiger partial charge in [0.15, 0.2) is 0 Å². The molecular formula is C35H33FN2O5. The summed E-state index contributed by atoms with van der Waals surface area (Å²) in [4.78, 5) is 25.4. The van der Waals surface area contributed by atoms with Gasteiger partial charge in [0.2, 0.25) is 0 Å². The summed E-state index contributed by atoms with van der Waals surface area (Å²) in [6, 6.07) is 23.5. The normalized spacial score (nSPS) is 11.2. The van der Waals surface area contributed by atoms with Gasteiger partial charge < -0.3 is 25.3 Å². The summed E-state index contributed by atoms with van der Waals surface area (Å²) in [6.45, 7) is 5.02. The zero-order valence-electron chi connectivity index (χ0n) is 24.0. The van der Waals surface area contributed by atoms with E-state index in [1.54, 1.807) is 30.3 Å². The number of fused-ring (bicyclic) bond motifs is 1. The molecule has 0 saturated carbocycles. The summed E-state index contributed by atoms with van der Waals surface area (Å²) in [5.41, 5.74) is 10.2. The molecule has 0 aliphatic carbocycles. The molecule has 5 rings (SSSR count). The first-order valence-electron chi connectivity index (χ1n) is 14.1. The SMILES string of the molecule is CC(C)CNC(=O)c1ccc(OCCc2ccc(O)cc2)c(Cc2ccc3oc(-c4ccc(F)cc4)c(C(N)=O)c3c2)c1. The second-order valence-electron chi connectivity index (χ2n) is 10.9. The lowest BCUT2D eigenvalue weighted by atomic mass is 9.98. The van der Waals surface area contributed by atoms with E-state index in [0.717, 1.165) is 16.7 Å². The van der Waals surface area contributed by atoms with Gasteiger partial charge >= 0.3 is 0 Å². The summed E-state index contributed by atoms with van der Waals surface area (Å²) in [5.74, 6) is 0.205. The van der Waals surface area contributed by atoms with E-state index in [9.17, 15) is 19.1 Å². The molecule has 1 aromatic heterocycles. The maximum absolute atomic E-state index is 13.5. The van der Waals surface area contributed by atoms with Gasteiger partial charge in [0.25, 0.3) is 11.8 Å². The number of rotatable bonds is 11. The maximum atomic E-state index is 13.5. The van der Waals surface area contributed by atoms with Crippen molar-refractivity contribution in [1.29, 1.82) is 0 Å². The van der Waals surface area contributed by atoms with Crippen LogP contribution in [-0.2, 0) is 12.8 Å². The van der Waals surface area contributed by atoms with E-state index >= 15 is 0 Å². The number of hydrogen-bond donors (Lipinski definition) is 3. The molecule has 0 unspecified atom stereocenters. The van der Waals surface area contributed by atoms with Crippen molar-refractivity contribution in [2.45, 2.75) is 26.7 Å². The lowest BCUT2D eigenvalue weighted by molar-refractivity contribution is 0.0947. The van der Waals surface area contributed by atoms with Crippen LogP contribution in [0.5, 0.6) is 11.5 Å². The van der Waals surface area contributed by atoms with Gasteiger partial charge in [-0.05, 0) is 89.3 Å². The first-order chi connectivity index (χ1) is 20.7. The smallest absolute Gasteiger partial charge is 0.253 e. The fourth-order valence-corrected chi connectivity index (χ4v) is 4.86. The minimum atomic E-state index is -0.655. The number of carbonyl (C=O) groups excluding carboxylic acids is 2. The van der Waals surface area contributed by atoms with Crippen molar-refractivity contribution < 1.29 is 28.2 Å². The van der Waals surface area contributed by atoms with Crippen LogP contribution in [0, 0.1) is 11.7 Å². The number of phenolic OH excluding ortho intramolecular Hbond substituents is 1. The fraction of sp³-hybridized carbons (Fsp3) is 0.200. The van der Waals surface area contributed by atoms with Crippen LogP contribution in [0.15, 0.2) is 89.3 Å². The van der Waals surface area contributed by atoms with E-state index in [4.69, 9.17) is 14.9 Å². The van der Waals surface area contributed by atoms with Gasteiger partial charge in [-0.3, -0.25) is 9.59 Å². The van der Waals surface area contributed by atoms with Crippen LogP contribution in [0.3, 0.4) is 0 Å². The Bertz CT molecular complexity index is 1760.